The van der Waals surface area contributed by atoms with Gasteiger partial charge in [-0.1, -0.05) is 11.2 Å². The van der Waals surface area contributed by atoms with Crippen LogP contribution in [0, 0.1) is 5.92 Å². The summed E-state index contributed by atoms with van der Waals surface area (Å²) in [6, 6.07) is 12.4. The van der Waals surface area contributed by atoms with E-state index in [1.807, 2.05) is 30.3 Å². The number of rotatable bonds is 4. The molecule has 2 aromatic carbocycles. The van der Waals surface area contributed by atoms with E-state index in [1.165, 1.54) is 7.11 Å². The van der Waals surface area contributed by atoms with Crippen molar-refractivity contribution >= 4 is 17.6 Å². The Kier molecular flexibility index (Phi) is 4.20. The number of hydrogen-bond acceptors (Lipinski definition) is 8. The van der Waals surface area contributed by atoms with Gasteiger partial charge in [-0.25, -0.2) is 4.99 Å². The first kappa shape index (κ1) is 18.2. The molecule has 8 nitrogen and oxygen atoms in total. The number of nitrogens with zero attached hydrogens (tertiary/aromatic N) is 2. The lowest BCUT2D eigenvalue weighted by Gasteiger charge is -2.25. The molecule has 0 radical (unpaired) electrons. The number of ether oxygens (including phenoxy) is 3. The van der Waals surface area contributed by atoms with Crippen molar-refractivity contribution in [2.45, 2.75) is 5.92 Å². The molecule has 2 aliphatic heterocycles. The normalized spacial score (nSPS) is 19.5. The molecule has 0 aliphatic carbocycles. The van der Waals surface area contributed by atoms with Gasteiger partial charge in [0.25, 0.3) is 5.88 Å². The molecule has 30 heavy (non-hydrogen) atoms. The molecule has 0 spiro atoms. The largest absolute Gasteiger partial charge is 0.504 e. The average Bonchev–Trinajstić information content (AvgIpc) is 3.36. The van der Waals surface area contributed by atoms with Crippen molar-refractivity contribution < 1.29 is 28.6 Å². The molecule has 152 valence electrons. The van der Waals surface area contributed by atoms with Gasteiger partial charge in [-0.2, -0.15) is 0 Å². The summed E-state index contributed by atoms with van der Waals surface area (Å²) in [5, 5.41) is 14.6. The second-order valence-electron chi connectivity index (χ2n) is 7.08. The summed E-state index contributed by atoms with van der Waals surface area (Å²) in [5.41, 5.74) is 3.36. The van der Waals surface area contributed by atoms with Crippen LogP contribution in [0.2, 0.25) is 0 Å². The molecule has 0 bridgehead atoms. The van der Waals surface area contributed by atoms with Gasteiger partial charge in [0.15, 0.2) is 11.5 Å². The standard InChI is InChI=1S/C22H18N2O6/c1-27-13-6-3-11(4-7-13)20-19-17(12-5-8-16(28-2)15(25)9-12)18-14(10-29-22(18)26)23-21(19)30-24-20/h3-9,17-18,25H,10H2,1-2H3. The van der Waals surface area contributed by atoms with E-state index in [2.05, 4.69) is 10.1 Å². The van der Waals surface area contributed by atoms with Crippen molar-refractivity contribution in [2.24, 2.45) is 10.9 Å². The molecule has 0 amide bonds. The molecular weight excluding hydrogens is 388 g/mol. The average molecular weight is 406 g/mol. The number of carbonyl (C=O) groups excluding carboxylic acids is 1. The van der Waals surface area contributed by atoms with Crippen molar-refractivity contribution in [2.75, 3.05) is 20.8 Å². The van der Waals surface area contributed by atoms with Gasteiger partial charge in [-0.05, 0) is 42.0 Å². The first-order valence-corrected chi connectivity index (χ1v) is 9.35. The summed E-state index contributed by atoms with van der Waals surface area (Å²) < 4.78 is 21.2. The molecule has 2 aliphatic rings. The number of aromatic hydroxyl groups is 1. The van der Waals surface area contributed by atoms with Gasteiger partial charge < -0.3 is 23.8 Å². The van der Waals surface area contributed by atoms with Crippen LogP contribution in [0.3, 0.4) is 0 Å². The minimum absolute atomic E-state index is 0.0190. The second kappa shape index (κ2) is 6.91. The number of aliphatic imine (C=N–C) groups is 1. The van der Waals surface area contributed by atoms with Crippen LogP contribution in [0.1, 0.15) is 17.0 Å². The number of aromatic nitrogens is 1. The molecule has 2 atom stereocenters. The van der Waals surface area contributed by atoms with Crippen LogP contribution in [-0.4, -0.2) is 42.8 Å². The van der Waals surface area contributed by atoms with Crippen LogP contribution in [0.4, 0.5) is 5.88 Å². The molecule has 2 unspecified atom stereocenters. The van der Waals surface area contributed by atoms with Crippen molar-refractivity contribution in [3.8, 4) is 28.5 Å². The molecular formula is C22H18N2O6. The van der Waals surface area contributed by atoms with Gasteiger partial charge in [-0.15, -0.1) is 0 Å². The van der Waals surface area contributed by atoms with E-state index in [-0.39, 0.29) is 18.3 Å². The maximum absolute atomic E-state index is 12.6. The number of benzene rings is 2. The zero-order valence-corrected chi connectivity index (χ0v) is 16.3. The van der Waals surface area contributed by atoms with Crippen LogP contribution in [-0.2, 0) is 9.53 Å². The number of methoxy groups -OCH3 is 2. The van der Waals surface area contributed by atoms with E-state index in [1.54, 1.807) is 19.2 Å². The number of fused-ring (bicyclic) bond motifs is 2. The van der Waals surface area contributed by atoms with E-state index in [9.17, 15) is 9.90 Å². The van der Waals surface area contributed by atoms with Crippen LogP contribution in [0.15, 0.2) is 52.0 Å². The zero-order chi connectivity index (χ0) is 20.8. The first-order chi connectivity index (χ1) is 14.6. The molecule has 3 aromatic rings. The van der Waals surface area contributed by atoms with Crippen LogP contribution >= 0.6 is 0 Å². The maximum atomic E-state index is 12.6. The lowest BCUT2D eigenvalue weighted by molar-refractivity contribution is -0.141. The Morgan fingerprint density at radius 1 is 1.07 bits per heavy atom. The highest BCUT2D eigenvalue weighted by Gasteiger charge is 2.47. The SMILES string of the molecule is COc1ccc(-c2noc3c2C(c2ccc(OC)c(O)c2)C2C(=O)OCC2=N3)cc1. The quantitative estimate of drug-likeness (QED) is 0.662. The lowest BCUT2D eigenvalue weighted by atomic mass is 9.76. The number of esters is 1. The van der Waals surface area contributed by atoms with Crippen molar-refractivity contribution in [3.05, 3.63) is 53.6 Å². The number of phenols is 1. The topological polar surface area (TPSA) is 103 Å². The molecule has 0 saturated carbocycles. The summed E-state index contributed by atoms with van der Waals surface area (Å²) in [4.78, 5) is 17.1. The Labute approximate surface area is 171 Å². The second-order valence-corrected chi connectivity index (χ2v) is 7.08. The predicted molar refractivity (Wildman–Crippen MR) is 107 cm³/mol. The van der Waals surface area contributed by atoms with E-state index in [0.29, 0.717) is 39.9 Å². The fourth-order valence-corrected chi connectivity index (χ4v) is 4.05. The minimum Gasteiger partial charge on any atom is -0.504 e. The highest BCUT2D eigenvalue weighted by Crippen LogP contribution is 2.49. The van der Waals surface area contributed by atoms with Gasteiger partial charge in [0.05, 0.1) is 25.5 Å². The molecule has 8 heteroatoms. The Balaban J connectivity index is 1.69. The fourth-order valence-electron chi connectivity index (χ4n) is 4.05. The monoisotopic (exact) mass is 406 g/mol. The Bertz CT molecular complexity index is 1160. The Morgan fingerprint density at radius 2 is 1.87 bits per heavy atom. The predicted octanol–water partition coefficient (Wildman–Crippen LogP) is 3.46. The molecule has 1 N–H and O–H groups in total. The first-order valence-electron chi connectivity index (χ1n) is 9.35. The molecule has 1 fully saturated rings. The zero-order valence-electron chi connectivity index (χ0n) is 16.3. The van der Waals surface area contributed by atoms with E-state index in [4.69, 9.17) is 18.7 Å². The number of hydrogen-bond donors (Lipinski definition) is 1. The number of cyclic esters (lactones) is 1. The summed E-state index contributed by atoms with van der Waals surface area (Å²) in [7, 11) is 3.08. The van der Waals surface area contributed by atoms with Gasteiger partial charge in [0.1, 0.15) is 24.0 Å². The summed E-state index contributed by atoms with van der Waals surface area (Å²) in [6.07, 6.45) is 0. The smallest absolute Gasteiger partial charge is 0.316 e. The lowest BCUT2D eigenvalue weighted by Crippen LogP contribution is -2.27. The third kappa shape index (κ3) is 2.72. The summed E-state index contributed by atoms with van der Waals surface area (Å²) in [6.45, 7) is 0.111. The Morgan fingerprint density at radius 3 is 2.57 bits per heavy atom. The van der Waals surface area contributed by atoms with E-state index in [0.717, 1.165) is 5.56 Å². The van der Waals surface area contributed by atoms with Crippen LogP contribution < -0.4 is 9.47 Å². The minimum atomic E-state index is -0.610. The molecule has 5 rings (SSSR count). The number of carbonyl (C=O) groups is 1. The van der Waals surface area contributed by atoms with Crippen molar-refractivity contribution in [1.29, 1.82) is 0 Å². The summed E-state index contributed by atoms with van der Waals surface area (Å²) >= 11 is 0. The van der Waals surface area contributed by atoms with Gasteiger partial charge in [-0.3, -0.25) is 4.79 Å². The molecule has 3 heterocycles. The van der Waals surface area contributed by atoms with Crippen LogP contribution in [0.5, 0.6) is 17.2 Å². The third-order valence-corrected chi connectivity index (χ3v) is 5.50. The molecule has 1 aromatic heterocycles. The van der Waals surface area contributed by atoms with Gasteiger partial charge >= 0.3 is 5.97 Å². The van der Waals surface area contributed by atoms with Gasteiger partial charge in [0.2, 0.25) is 0 Å². The molecule has 1 saturated heterocycles. The van der Waals surface area contributed by atoms with Crippen molar-refractivity contribution in [3.63, 3.8) is 0 Å². The highest BCUT2D eigenvalue weighted by atomic mass is 16.5. The maximum Gasteiger partial charge on any atom is 0.316 e. The van der Waals surface area contributed by atoms with Crippen LogP contribution in [0.25, 0.3) is 11.3 Å². The fraction of sp³-hybridized carbons (Fsp3) is 0.227. The Hall–Kier alpha value is -3.81. The van der Waals surface area contributed by atoms with Gasteiger partial charge in [0, 0.05) is 11.5 Å². The van der Waals surface area contributed by atoms with E-state index < -0.39 is 11.8 Å². The summed E-state index contributed by atoms with van der Waals surface area (Å²) in [5.74, 6) is -0.0585. The number of phenolic OH excluding ortho intramolecular Hbond substituents is 1. The van der Waals surface area contributed by atoms with E-state index >= 15 is 0 Å². The van der Waals surface area contributed by atoms with Crippen molar-refractivity contribution in [1.82, 2.24) is 5.16 Å². The highest BCUT2D eigenvalue weighted by molar-refractivity contribution is 6.11. The third-order valence-electron chi connectivity index (χ3n) is 5.50.